The first-order chi connectivity index (χ1) is 16.2. The van der Waals surface area contributed by atoms with Gasteiger partial charge < -0.3 is 14.5 Å². The molecule has 0 spiro atoms. The van der Waals surface area contributed by atoms with Crippen LogP contribution in [0.3, 0.4) is 0 Å². The number of ketones is 1. The van der Waals surface area contributed by atoms with Gasteiger partial charge in [-0.2, -0.15) is 4.68 Å². The molecule has 1 atom stereocenters. The van der Waals surface area contributed by atoms with E-state index in [2.05, 4.69) is 10.4 Å². The van der Waals surface area contributed by atoms with E-state index in [0.717, 1.165) is 10.2 Å². The van der Waals surface area contributed by atoms with Gasteiger partial charge in [0.05, 0.1) is 12.6 Å². The minimum atomic E-state index is -0.882. The number of nitrogens with one attached hydrogen (secondary N) is 1. The highest BCUT2D eigenvalue weighted by Crippen LogP contribution is 2.17. The van der Waals surface area contributed by atoms with Crippen molar-refractivity contribution in [1.29, 1.82) is 0 Å². The minimum absolute atomic E-state index is 0.110. The predicted octanol–water partition coefficient (Wildman–Crippen LogP) is 4.10. The van der Waals surface area contributed by atoms with E-state index in [1.807, 2.05) is 58.0 Å². The van der Waals surface area contributed by atoms with Crippen LogP contribution >= 0.6 is 0 Å². The molecule has 3 rings (SSSR count). The van der Waals surface area contributed by atoms with Crippen LogP contribution in [0.1, 0.15) is 60.7 Å². The Kier molecular flexibility index (Phi) is 8.40. The highest BCUT2D eigenvalue weighted by atomic mass is 16.5. The summed E-state index contributed by atoms with van der Waals surface area (Å²) in [4.78, 5) is 38.1. The van der Waals surface area contributed by atoms with Crippen LogP contribution in [0, 0.1) is 11.8 Å². The van der Waals surface area contributed by atoms with Gasteiger partial charge in [0.15, 0.2) is 0 Å². The Bertz CT molecular complexity index is 1160. The van der Waals surface area contributed by atoms with Crippen molar-refractivity contribution in [3.05, 3.63) is 82.2 Å². The molecule has 180 valence electrons. The van der Waals surface area contributed by atoms with Crippen molar-refractivity contribution in [3.8, 4) is 5.75 Å². The van der Waals surface area contributed by atoms with Gasteiger partial charge in [0.2, 0.25) is 5.78 Å². The first kappa shape index (κ1) is 25.0. The van der Waals surface area contributed by atoms with Gasteiger partial charge in [-0.25, -0.2) is 4.79 Å². The van der Waals surface area contributed by atoms with E-state index in [4.69, 9.17) is 9.15 Å². The van der Waals surface area contributed by atoms with Gasteiger partial charge in [0.25, 0.3) is 11.8 Å². The third kappa shape index (κ3) is 6.91. The summed E-state index contributed by atoms with van der Waals surface area (Å²) in [5, 5.41) is 6.82. The van der Waals surface area contributed by atoms with Crippen molar-refractivity contribution in [3.63, 3.8) is 0 Å². The Hall–Kier alpha value is -3.68. The monoisotopic (exact) mass is 465 g/mol. The molecule has 0 aliphatic rings. The number of ether oxygens (including phenoxy) is 1. The average molecular weight is 466 g/mol. The molecule has 3 aromatic rings. The van der Waals surface area contributed by atoms with Crippen LogP contribution in [-0.4, -0.2) is 27.5 Å². The Labute approximate surface area is 198 Å². The van der Waals surface area contributed by atoms with E-state index in [1.54, 1.807) is 24.3 Å². The highest BCUT2D eigenvalue weighted by molar-refractivity contribution is 6.02. The van der Waals surface area contributed by atoms with Gasteiger partial charge in [-0.3, -0.25) is 9.59 Å². The van der Waals surface area contributed by atoms with Crippen molar-refractivity contribution >= 4 is 11.7 Å². The lowest BCUT2D eigenvalue weighted by Gasteiger charge is -2.18. The quantitative estimate of drug-likeness (QED) is 0.428. The van der Waals surface area contributed by atoms with Gasteiger partial charge in [0, 0.05) is 5.56 Å². The summed E-state index contributed by atoms with van der Waals surface area (Å²) >= 11 is 0. The number of aromatic nitrogens is 2. The van der Waals surface area contributed by atoms with Crippen LogP contribution in [0.5, 0.6) is 5.75 Å². The molecule has 2 aromatic carbocycles. The predicted molar refractivity (Wildman–Crippen MR) is 128 cm³/mol. The summed E-state index contributed by atoms with van der Waals surface area (Å²) in [6, 6.07) is 15.6. The molecule has 0 radical (unpaired) electrons. The number of nitrogens with zero attached hydrogens (tertiary/aromatic N) is 2. The second kappa shape index (κ2) is 11.4. The smallest absolute Gasteiger partial charge is 0.437 e. The van der Waals surface area contributed by atoms with Gasteiger partial charge in [0.1, 0.15) is 12.4 Å². The third-order valence-corrected chi connectivity index (χ3v) is 5.03. The maximum atomic E-state index is 13.1. The average Bonchev–Trinajstić information content (AvgIpc) is 3.16. The molecule has 34 heavy (non-hydrogen) atoms. The zero-order chi connectivity index (χ0) is 24.7. The lowest BCUT2D eigenvalue weighted by molar-refractivity contribution is 0.0824. The van der Waals surface area contributed by atoms with Gasteiger partial charge in [-0.15, -0.1) is 5.10 Å². The first-order valence-corrected chi connectivity index (χ1v) is 11.4. The second-order valence-corrected chi connectivity index (χ2v) is 9.07. The molecule has 0 saturated heterocycles. The Morgan fingerprint density at radius 2 is 1.76 bits per heavy atom. The fourth-order valence-corrected chi connectivity index (χ4v) is 3.43. The van der Waals surface area contributed by atoms with Crippen LogP contribution in [0.15, 0.2) is 63.8 Å². The van der Waals surface area contributed by atoms with E-state index in [-0.39, 0.29) is 17.7 Å². The zero-order valence-corrected chi connectivity index (χ0v) is 20.0. The van der Waals surface area contributed by atoms with Crippen molar-refractivity contribution in [2.45, 2.75) is 53.3 Å². The van der Waals surface area contributed by atoms with E-state index < -0.39 is 23.5 Å². The summed E-state index contributed by atoms with van der Waals surface area (Å²) in [6.45, 7) is 8.46. The summed E-state index contributed by atoms with van der Waals surface area (Å²) in [6.07, 6.45) is 0.371. The molecule has 1 heterocycles. The normalized spacial score (nSPS) is 12.1. The third-order valence-electron chi connectivity index (χ3n) is 5.03. The van der Waals surface area contributed by atoms with Gasteiger partial charge in [-0.05, 0) is 42.0 Å². The molecule has 0 aliphatic heterocycles. The summed E-state index contributed by atoms with van der Waals surface area (Å²) < 4.78 is 12.0. The first-order valence-electron chi connectivity index (χ1n) is 11.4. The van der Waals surface area contributed by atoms with E-state index in [9.17, 15) is 14.4 Å². The van der Waals surface area contributed by atoms with Crippen LogP contribution in [-0.2, 0) is 13.2 Å². The van der Waals surface area contributed by atoms with Crippen LogP contribution < -0.4 is 15.8 Å². The molecule has 0 saturated carbocycles. The summed E-state index contributed by atoms with van der Waals surface area (Å²) in [5.74, 6) is -1.12. The largest absolute Gasteiger partial charge is 0.489 e. The number of carbonyl (C=O) groups excluding carboxylic acids is 2. The van der Waals surface area contributed by atoms with E-state index in [0.29, 0.717) is 30.9 Å². The number of hydrogen-bond acceptors (Lipinski definition) is 6. The molecular formula is C26H31N3O5. The minimum Gasteiger partial charge on any atom is -0.489 e. The highest BCUT2D eigenvalue weighted by Gasteiger charge is 2.28. The second-order valence-electron chi connectivity index (χ2n) is 9.07. The standard InChI is InChI=1S/C26H31N3O5/c1-17(2)13-22(23(30)25-28-29(15-18(3)4)26(32)34-25)27-24(31)20-11-8-12-21(14-20)33-16-19-9-6-5-7-10-19/h5-12,14,17-18,22H,13,15-16H2,1-4H3,(H,27,31). The van der Waals surface area contributed by atoms with Crippen molar-refractivity contribution in [2.75, 3.05) is 0 Å². The van der Waals surface area contributed by atoms with Crippen molar-refractivity contribution in [1.82, 2.24) is 15.1 Å². The molecule has 8 nitrogen and oxygen atoms in total. The van der Waals surface area contributed by atoms with Gasteiger partial charge >= 0.3 is 5.76 Å². The molecule has 1 unspecified atom stereocenters. The molecule has 0 aliphatic carbocycles. The number of carbonyl (C=O) groups is 2. The molecule has 0 bridgehead atoms. The number of rotatable bonds is 11. The van der Waals surface area contributed by atoms with Crippen LogP contribution in [0.2, 0.25) is 0 Å². The van der Waals surface area contributed by atoms with Crippen LogP contribution in [0.25, 0.3) is 0 Å². The topological polar surface area (TPSA) is 103 Å². The summed E-state index contributed by atoms with van der Waals surface area (Å²) in [7, 11) is 0. The number of hydrogen-bond donors (Lipinski definition) is 1. The Balaban J connectivity index is 1.73. The SMILES string of the molecule is CC(C)CC(NC(=O)c1cccc(OCc2ccccc2)c1)C(=O)c1nn(CC(C)C)c(=O)o1. The maximum absolute atomic E-state index is 13.1. The van der Waals surface area contributed by atoms with Gasteiger partial charge in [-0.1, -0.05) is 64.1 Å². The Morgan fingerprint density at radius 3 is 2.44 bits per heavy atom. The maximum Gasteiger partial charge on any atom is 0.437 e. The molecule has 1 aromatic heterocycles. The molecule has 1 N–H and O–H groups in total. The molecule has 0 fully saturated rings. The fourth-order valence-electron chi connectivity index (χ4n) is 3.43. The fraction of sp³-hybridized carbons (Fsp3) is 0.385. The molecular weight excluding hydrogens is 434 g/mol. The van der Waals surface area contributed by atoms with Crippen molar-refractivity contribution in [2.24, 2.45) is 11.8 Å². The Morgan fingerprint density at radius 1 is 1.03 bits per heavy atom. The van der Waals surface area contributed by atoms with E-state index >= 15 is 0 Å². The number of benzene rings is 2. The summed E-state index contributed by atoms with van der Waals surface area (Å²) in [5.41, 5.74) is 1.37. The van der Waals surface area contributed by atoms with E-state index in [1.165, 1.54) is 0 Å². The lowest BCUT2D eigenvalue weighted by atomic mass is 9.99. The number of amides is 1. The zero-order valence-electron chi connectivity index (χ0n) is 20.0. The number of Topliss-reactive ketones (excluding diaryl/α,β-unsaturated/α-hetero) is 1. The lowest BCUT2D eigenvalue weighted by Crippen LogP contribution is -2.42. The van der Waals surface area contributed by atoms with Crippen LogP contribution in [0.4, 0.5) is 0 Å². The molecule has 8 heteroatoms. The van der Waals surface area contributed by atoms with Crippen molar-refractivity contribution < 1.29 is 18.7 Å². The molecule has 1 amide bonds.